The Morgan fingerprint density at radius 3 is 2.71 bits per heavy atom. The van der Waals surface area contributed by atoms with Crippen LogP contribution < -0.4 is 10.9 Å². The lowest BCUT2D eigenvalue weighted by molar-refractivity contribution is 0.333. The number of hydrogen-bond acceptors (Lipinski definition) is 4. The molecule has 1 aliphatic rings. The van der Waals surface area contributed by atoms with Crippen LogP contribution in [0.15, 0.2) is 47.5 Å². The van der Waals surface area contributed by atoms with Crippen LogP contribution in [-0.2, 0) is 0 Å². The second-order valence-corrected chi connectivity index (χ2v) is 7.01. The van der Waals surface area contributed by atoms with Gasteiger partial charge in [-0.05, 0) is 68.4 Å². The Morgan fingerprint density at radius 1 is 1.18 bits per heavy atom. The molecule has 2 aromatic carbocycles. The van der Waals surface area contributed by atoms with Gasteiger partial charge in [-0.3, -0.25) is 10.1 Å². The second-order valence-electron chi connectivity index (χ2n) is 7.01. The molecule has 6 nitrogen and oxygen atoms in total. The Kier molecular flexibility index (Phi) is 5.64. The van der Waals surface area contributed by atoms with Crippen LogP contribution in [0.3, 0.4) is 0 Å². The molecule has 0 bridgehead atoms. The monoisotopic (exact) mass is 380 g/mol. The Labute approximate surface area is 163 Å². The number of fused-ring (bicyclic) bond motifs is 1. The van der Waals surface area contributed by atoms with Crippen molar-refractivity contribution >= 4 is 16.7 Å². The molecule has 0 radical (unpaired) electrons. The fraction of sp³-hybridized carbons (Fsp3) is 0.333. The molecule has 146 valence electrons. The number of amidine groups is 1. The molecule has 0 saturated carbocycles. The van der Waals surface area contributed by atoms with Gasteiger partial charge in [-0.2, -0.15) is 5.10 Å². The minimum absolute atomic E-state index is 0.256. The number of nitrogens with zero attached hydrogens (tertiary/aromatic N) is 3. The highest BCUT2D eigenvalue weighted by atomic mass is 19.1. The van der Waals surface area contributed by atoms with E-state index in [0.717, 1.165) is 46.6 Å². The Hall–Kier alpha value is -2.77. The molecule has 1 saturated heterocycles. The van der Waals surface area contributed by atoms with E-state index in [0.29, 0.717) is 0 Å². The number of hydrogen-bond donors (Lipinski definition) is 3. The number of halogens is 1. The molecule has 0 unspecified atom stereocenters. The van der Waals surface area contributed by atoms with Crippen LogP contribution in [0.4, 0.5) is 4.39 Å². The summed E-state index contributed by atoms with van der Waals surface area (Å²) in [7, 11) is 1.77. The van der Waals surface area contributed by atoms with Gasteiger partial charge in [0.15, 0.2) is 0 Å². The number of aliphatic imine (C=N–C) groups is 1. The summed E-state index contributed by atoms with van der Waals surface area (Å²) in [4.78, 5) is 6.84. The molecule has 0 spiro atoms. The quantitative estimate of drug-likeness (QED) is 0.266. The maximum absolute atomic E-state index is 13.2. The van der Waals surface area contributed by atoms with Crippen molar-refractivity contribution in [1.29, 1.82) is 0 Å². The number of likely N-dealkylation sites (tertiary alicyclic amines) is 1. The topological polar surface area (TPSA) is 68.3 Å². The maximum atomic E-state index is 13.2. The van der Waals surface area contributed by atoms with Gasteiger partial charge >= 0.3 is 0 Å². The van der Waals surface area contributed by atoms with E-state index in [4.69, 9.17) is 0 Å². The van der Waals surface area contributed by atoms with Crippen molar-refractivity contribution in [3.63, 3.8) is 0 Å². The van der Waals surface area contributed by atoms with Gasteiger partial charge in [0.05, 0.1) is 11.2 Å². The van der Waals surface area contributed by atoms with Crippen molar-refractivity contribution in [3.8, 4) is 11.3 Å². The SMILES string of the molecule is CN=C(NNCCN1CCCC1)c1ccc2[nH]nc(-c3ccc(F)cc3)c2c1. The van der Waals surface area contributed by atoms with Crippen LogP contribution in [0.1, 0.15) is 18.4 Å². The normalized spacial score (nSPS) is 15.4. The number of aromatic nitrogens is 2. The molecule has 1 aromatic heterocycles. The van der Waals surface area contributed by atoms with Crippen molar-refractivity contribution < 1.29 is 4.39 Å². The Balaban J connectivity index is 1.49. The van der Waals surface area contributed by atoms with E-state index in [-0.39, 0.29) is 5.82 Å². The Morgan fingerprint density at radius 2 is 1.96 bits per heavy atom. The highest BCUT2D eigenvalue weighted by Crippen LogP contribution is 2.27. The molecular formula is C21H25FN6. The minimum Gasteiger partial charge on any atom is -0.306 e. The maximum Gasteiger partial charge on any atom is 0.142 e. The van der Waals surface area contributed by atoms with Gasteiger partial charge in [0, 0.05) is 36.7 Å². The third-order valence-corrected chi connectivity index (χ3v) is 5.14. The lowest BCUT2D eigenvalue weighted by Crippen LogP contribution is -2.42. The molecule has 0 aliphatic carbocycles. The second kappa shape index (κ2) is 8.50. The van der Waals surface area contributed by atoms with Gasteiger partial charge in [-0.15, -0.1) is 0 Å². The molecule has 0 atom stereocenters. The first-order valence-corrected chi connectivity index (χ1v) is 9.67. The summed E-state index contributed by atoms with van der Waals surface area (Å²) in [6.07, 6.45) is 2.60. The number of benzene rings is 2. The summed E-state index contributed by atoms with van der Waals surface area (Å²) in [6, 6.07) is 12.4. The molecule has 2 heterocycles. The average Bonchev–Trinajstić information content (AvgIpc) is 3.38. The van der Waals surface area contributed by atoms with Crippen LogP contribution >= 0.6 is 0 Å². The first kappa shape index (κ1) is 18.6. The van der Waals surface area contributed by atoms with Crippen molar-refractivity contribution in [2.24, 2.45) is 4.99 Å². The molecule has 1 aliphatic heterocycles. The summed E-state index contributed by atoms with van der Waals surface area (Å²) in [5.74, 6) is 0.517. The summed E-state index contributed by atoms with van der Waals surface area (Å²) in [5.41, 5.74) is 10.1. The van der Waals surface area contributed by atoms with E-state index in [1.54, 1.807) is 19.2 Å². The van der Waals surface area contributed by atoms with Gasteiger partial charge in [0.1, 0.15) is 11.7 Å². The summed E-state index contributed by atoms with van der Waals surface area (Å²) in [5, 5.41) is 8.43. The van der Waals surface area contributed by atoms with Gasteiger partial charge in [-0.25, -0.2) is 9.82 Å². The van der Waals surface area contributed by atoms with Crippen LogP contribution in [0.2, 0.25) is 0 Å². The van der Waals surface area contributed by atoms with E-state index in [9.17, 15) is 4.39 Å². The van der Waals surface area contributed by atoms with Crippen LogP contribution in [-0.4, -0.2) is 54.2 Å². The van der Waals surface area contributed by atoms with Crippen LogP contribution in [0.25, 0.3) is 22.2 Å². The fourth-order valence-electron chi connectivity index (χ4n) is 3.61. The van der Waals surface area contributed by atoms with E-state index in [2.05, 4.69) is 37.0 Å². The number of nitrogens with one attached hydrogen (secondary N) is 3. The molecule has 0 amide bonds. The van der Waals surface area contributed by atoms with Crippen molar-refractivity contribution in [1.82, 2.24) is 25.9 Å². The van der Waals surface area contributed by atoms with E-state index < -0.39 is 0 Å². The highest BCUT2D eigenvalue weighted by molar-refractivity contribution is 6.03. The lowest BCUT2D eigenvalue weighted by Gasteiger charge is -2.16. The van der Waals surface area contributed by atoms with E-state index >= 15 is 0 Å². The average molecular weight is 380 g/mol. The molecule has 1 fully saturated rings. The van der Waals surface area contributed by atoms with Gasteiger partial charge in [0.25, 0.3) is 0 Å². The highest BCUT2D eigenvalue weighted by Gasteiger charge is 2.12. The third kappa shape index (κ3) is 4.05. The molecule has 7 heteroatoms. The predicted molar refractivity (Wildman–Crippen MR) is 111 cm³/mol. The molecule has 3 aromatic rings. The van der Waals surface area contributed by atoms with Gasteiger partial charge in [-0.1, -0.05) is 0 Å². The molecule has 4 rings (SSSR count). The fourth-order valence-corrected chi connectivity index (χ4v) is 3.61. The van der Waals surface area contributed by atoms with Crippen molar-refractivity contribution in [3.05, 3.63) is 53.8 Å². The first-order valence-electron chi connectivity index (χ1n) is 9.67. The number of aromatic amines is 1. The predicted octanol–water partition coefficient (Wildman–Crippen LogP) is 2.94. The number of hydrazine groups is 1. The Bertz CT molecular complexity index is 957. The standard InChI is InChI=1S/C21H25FN6/c1-23-21(27-24-10-13-28-11-2-3-12-28)16-6-9-19-18(14-16)20(26-25-19)15-4-7-17(22)8-5-15/h4-9,14,24H,2-3,10-13H2,1H3,(H,23,27)(H,25,26). The minimum atomic E-state index is -0.256. The van der Waals surface area contributed by atoms with Gasteiger partial charge in [0.2, 0.25) is 0 Å². The zero-order chi connectivity index (χ0) is 19.3. The smallest absolute Gasteiger partial charge is 0.142 e. The first-order chi connectivity index (χ1) is 13.7. The van der Waals surface area contributed by atoms with Crippen molar-refractivity contribution in [2.75, 3.05) is 33.2 Å². The van der Waals surface area contributed by atoms with Gasteiger partial charge < -0.3 is 10.3 Å². The summed E-state index contributed by atoms with van der Waals surface area (Å²) >= 11 is 0. The molecule has 3 N–H and O–H groups in total. The number of H-pyrrole nitrogens is 1. The van der Waals surface area contributed by atoms with E-state index in [1.807, 2.05) is 12.1 Å². The zero-order valence-electron chi connectivity index (χ0n) is 16.0. The third-order valence-electron chi connectivity index (χ3n) is 5.14. The molecular weight excluding hydrogens is 355 g/mol. The summed E-state index contributed by atoms with van der Waals surface area (Å²) in [6.45, 7) is 4.27. The summed E-state index contributed by atoms with van der Waals surface area (Å²) < 4.78 is 13.2. The number of rotatable bonds is 6. The van der Waals surface area contributed by atoms with Crippen LogP contribution in [0.5, 0.6) is 0 Å². The largest absolute Gasteiger partial charge is 0.306 e. The molecule has 28 heavy (non-hydrogen) atoms. The van der Waals surface area contributed by atoms with Crippen LogP contribution in [0, 0.1) is 5.82 Å². The van der Waals surface area contributed by atoms with Crippen molar-refractivity contribution in [2.45, 2.75) is 12.8 Å². The zero-order valence-corrected chi connectivity index (χ0v) is 16.0. The lowest BCUT2D eigenvalue weighted by atomic mass is 10.1. The van der Waals surface area contributed by atoms with E-state index in [1.165, 1.54) is 38.1 Å².